The number of esters is 1. The van der Waals surface area contributed by atoms with E-state index >= 15 is 0 Å². The zero-order valence-corrected chi connectivity index (χ0v) is 15.7. The number of nitrogens with one attached hydrogen (secondary N) is 1. The van der Waals surface area contributed by atoms with Crippen molar-refractivity contribution in [3.05, 3.63) is 58.1 Å². The Hall–Kier alpha value is -3.07. The summed E-state index contributed by atoms with van der Waals surface area (Å²) < 4.78 is 10.2. The van der Waals surface area contributed by atoms with Crippen LogP contribution in [0.15, 0.2) is 47.4 Å². The van der Waals surface area contributed by atoms with Crippen molar-refractivity contribution in [2.24, 2.45) is 0 Å². The van der Waals surface area contributed by atoms with Crippen molar-refractivity contribution in [1.82, 2.24) is 0 Å². The Labute approximate surface area is 160 Å². The molecular weight excluding hydrogens is 372 g/mol. The maximum atomic E-state index is 12.2. The van der Waals surface area contributed by atoms with Crippen LogP contribution in [0.2, 0.25) is 0 Å². The summed E-state index contributed by atoms with van der Waals surface area (Å²) in [6.45, 7) is 1.41. The van der Waals surface area contributed by atoms with Gasteiger partial charge < -0.3 is 14.8 Å². The number of nitrogens with zero attached hydrogens (tertiary/aromatic N) is 1. The number of carbonyl (C=O) groups is 2. The molecule has 8 nitrogen and oxygen atoms in total. The van der Waals surface area contributed by atoms with Gasteiger partial charge in [0.2, 0.25) is 0 Å². The molecule has 0 unspecified atom stereocenters. The monoisotopic (exact) mass is 390 g/mol. The number of benzene rings is 2. The molecule has 2 rings (SSSR count). The lowest BCUT2D eigenvalue weighted by Crippen LogP contribution is -2.30. The third-order valence-electron chi connectivity index (χ3n) is 3.60. The van der Waals surface area contributed by atoms with Crippen LogP contribution in [-0.2, 0) is 9.53 Å². The van der Waals surface area contributed by atoms with Gasteiger partial charge in [0.25, 0.3) is 11.6 Å². The molecule has 0 aromatic heterocycles. The van der Waals surface area contributed by atoms with Crippen LogP contribution in [0.4, 0.5) is 11.4 Å². The number of ether oxygens (including phenoxy) is 2. The van der Waals surface area contributed by atoms with Gasteiger partial charge in [-0.3, -0.25) is 14.9 Å². The summed E-state index contributed by atoms with van der Waals surface area (Å²) in [5, 5.41) is 13.7. The second kappa shape index (κ2) is 9.04. The van der Waals surface area contributed by atoms with E-state index in [1.807, 2.05) is 0 Å². The highest BCUT2D eigenvalue weighted by Gasteiger charge is 2.22. The van der Waals surface area contributed by atoms with Gasteiger partial charge in [0.15, 0.2) is 6.10 Å². The number of carbonyl (C=O) groups excluding carboxylic acids is 2. The molecule has 2 aromatic rings. The van der Waals surface area contributed by atoms with Gasteiger partial charge in [-0.25, -0.2) is 4.79 Å². The third-order valence-corrected chi connectivity index (χ3v) is 4.39. The van der Waals surface area contributed by atoms with Gasteiger partial charge in [-0.15, -0.1) is 11.8 Å². The molecule has 0 saturated carbocycles. The van der Waals surface area contributed by atoms with Crippen LogP contribution in [0.25, 0.3) is 0 Å². The van der Waals surface area contributed by atoms with E-state index in [4.69, 9.17) is 9.47 Å². The average molecular weight is 390 g/mol. The number of hydrogen-bond acceptors (Lipinski definition) is 7. The fourth-order valence-electron chi connectivity index (χ4n) is 2.19. The van der Waals surface area contributed by atoms with Gasteiger partial charge in [0.05, 0.1) is 22.5 Å². The molecule has 0 saturated heterocycles. The molecule has 0 spiro atoms. The number of hydrogen-bond donors (Lipinski definition) is 1. The van der Waals surface area contributed by atoms with Crippen LogP contribution < -0.4 is 10.1 Å². The van der Waals surface area contributed by atoms with Crippen LogP contribution in [0.1, 0.15) is 17.3 Å². The molecule has 0 aliphatic rings. The minimum absolute atomic E-state index is 0.000491. The van der Waals surface area contributed by atoms with Crippen LogP contribution in [-0.4, -0.2) is 36.3 Å². The number of nitro groups is 1. The Kier molecular flexibility index (Phi) is 6.78. The number of methoxy groups -OCH3 is 1. The average Bonchev–Trinajstić information content (AvgIpc) is 2.67. The highest BCUT2D eigenvalue weighted by atomic mass is 32.2. The van der Waals surface area contributed by atoms with E-state index in [-0.39, 0.29) is 11.3 Å². The SMILES string of the molecule is COc1cccc(NC(=O)[C@@H](C)OC(=O)c2ccc(SC)c([N+](=O)[O-])c2)c1. The van der Waals surface area contributed by atoms with Gasteiger partial charge in [0.1, 0.15) is 5.75 Å². The normalized spacial score (nSPS) is 11.4. The summed E-state index contributed by atoms with van der Waals surface area (Å²) in [5.74, 6) is -0.787. The Balaban J connectivity index is 2.07. The molecular formula is C18H18N2O6S. The van der Waals surface area contributed by atoms with E-state index in [9.17, 15) is 19.7 Å². The van der Waals surface area contributed by atoms with Gasteiger partial charge in [0, 0.05) is 17.8 Å². The van der Waals surface area contributed by atoms with E-state index in [1.54, 1.807) is 30.5 Å². The van der Waals surface area contributed by atoms with Crippen molar-refractivity contribution in [3.63, 3.8) is 0 Å². The third kappa shape index (κ3) is 5.20. The second-order valence-electron chi connectivity index (χ2n) is 5.41. The Morgan fingerprint density at radius 1 is 1.22 bits per heavy atom. The lowest BCUT2D eigenvalue weighted by molar-refractivity contribution is -0.387. The van der Waals surface area contributed by atoms with E-state index in [2.05, 4.69) is 5.32 Å². The first-order valence-electron chi connectivity index (χ1n) is 7.84. The molecule has 0 fully saturated rings. The zero-order chi connectivity index (χ0) is 20.0. The van der Waals surface area contributed by atoms with Gasteiger partial charge >= 0.3 is 5.97 Å². The highest BCUT2D eigenvalue weighted by Crippen LogP contribution is 2.28. The van der Waals surface area contributed by atoms with Gasteiger partial charge in [-0.1, -0.05) is 6.07 Å². The van der Waals surface area contributed by atoms with E-state index in [1.165, 1.54) is 37.9 Å². The maximum Gasteiger partial charge on any atom is 0.339 e. The number of amides is 1. The molecule has 142 valence electrons. The largest absolute Gasteiger partial charge is 0.497 e. The number of thioether (sulfide) groups is 1. The quantitative estimate of drug-likeness (QED) is 0.333. The molecule has 0 aliphatic carbocycles. The van der Waals surface area contributed by atoms with Crippen molar-refractivity contribution >= 4 is 35.0 Å². The lowest BCUT2D eigenvalue weighted by Gasteiger charge is -2.14. The number of nitro benzene ring substituents is 1. The molecule has 1 atom stereocenters. The molecule has 1 N–H and O–H groups in total. The van der Waals surface area contributed by atoms with E-state index in [0.29, 0.717) is 16.3 Å². The topological polar surface area (TPSA) is 108 Å². The molecule has 0 radical (unpaired) electrons. The summed E-state index contributed by atoms with van der Waals surface area (Å²) in [6.07, 6.45) is 0.605. The smallest absolute Gasteiger partial charge is 0.339 e. The van der Waals surface area contributed by atoms with Crippen molar-refractivity contribution < 1.29 is 24.0 Å². The molecule has 27 heavy (non-hydrogen) atoms. The Morgan fingerprint density at radius 3 is 2.59 bits per heavy atom. The van der Waals surface area contributed by atoms with E-state index < -0.39 is 22.9 Å². The summed E-state index contributed by atoms with van der Waals surface area (Å²) in [5.41, 5.74) is 0.299. The van der Waals surface area contributed by atoms with Crippen molar-refractivity contribution in [3.8, 4) is 5.75 Å². The molecule has 0 aliphatic heterocycles. The van der Waals surface area contributed by atoms with Gasteiger partial charge in [-0.2, -0.15) is 0 Å². The maximum absolute atomic E-state index is 12.2. The van der Waals surface area contributed by atoms with Gasteiger partial charge in [-0.05, 0) is 37.4 Å². The van der Waals surface area contributed by atoms with Crippen molar-refractivity contribution in [2.75, 3.05) is 18.7 Å². The van der Waals surface area contributed by atoms with Crippen LogP contribution in [0, 0.1) is 10.1 Å². The van der Waals surface area contributed by atoms with Crippen LogP contribution in [0.5, 0.6) is 5.75 Å². The summed E-state index contributed by atoms with van der Waals surface area (Å²) in [6, 6.07) is 10.8. The standard InChI is InChI=1S/C18H18N2O6S/c1-11(17(21)19-13-5-4-6-14(10-13)25-2)26-18(22)12-7-8-16(27-3)15(9-12)20(23)24/h4-11H,1-3H3,(H,19,21)/t11-/m1/s1. The fourth-order valence-corrected chi connectivity index (χ4v) is 2.73. The second-order valence-corrected chi connectivity index (χ2v) is 6.26. The van der Waals surface area contributed by atoms with Crippen molar-refractivity contribution in [1.29, 1.82) is 0 Å². The fraction of sp³-hybridized carbons (Fsp3) is 0.222. The van der Waals surface area contributed by atoms with Crippen LogP contribution >= 0.6 is 11.8 Å². The molecule has 1 amide bonds. The van der Waals surface area contributed by atoms with Crippen LogP contribution in [0.3, 0.4) is 0 Å². The first-order valence-corrected chi connectivity index (χ1v) is 9.06. The zero-order valence-electron chi connectivity index (χ0n) is 14.9. The van der Waals surface area contributed by atoms with Crippen molar-refractivity contribution in [2.45, 2.75) is 17.9 Å². The summed E-state index contributed by atoms with van der Waals surface area (Å²) >= 11 is 1.20. The predicted molar refractivity (Wildman–Crippen MR) is 101 cm³/mol. The predicted octanol–water partition coefficient (Wildman–Crippen LogP) is 3.51. The first kappa shape index (κ1) is 20.2. The molecule has 0 bridgehead atoms. The molecule has 0 heterocycles. The lowest BCUT2D eigenvalue weighted by atomic mass is 10.2. The molecule has 9 heteroatoms. The summed E-state index contributed by atoms with van der Waals surface area (Å²) in [7, 11) is 1.51. The Morgan fingerprint density at radius 2 is 1.96 bits per heavy atom. The minimum Gasteiger partial charge on any atom is -0.497 e. The first-order chi connectivity index (χ1) is 12.8. The minimum atomic E-state index is -1.09. The molecule has 2 aromatic carbocycles. The highest BCUT2D eigenvalue weighted by molar-refractivity contribution is 7.98. The summed E-state index contributed by atoms with van der Waals surface area (Å²) in [4.78, 5) is 35.4. The Bertz CT molecular complexity index is 871. The number of anilines is 1. The number of rotatable bonds is 7. The van der Waals surface area contributed by atoms with E-state index in [0.717, 1.165) is 6.07 Å².